The second-order valence-electron chi connectivity index (χ2n) is 6.68. The van der Waals surface area contributed by atoms with Crippen LogP contribution in [-0.4, -0.2) is 54.5 Å². The Morgan fingerprint density at radius 1 is 1.08 bits per heavy atom. The van der Waals surface area contributed by atoms with Gasteiger partial charge < -0.3 is 16.0 Å². The first-order valence-corrected chi connectivity index (χ1v) is 9.19. The molecule has 5 nitrogen and oxygen atoms in total. The van der Waals surface area contributed by atoms with Crippen LogP contribution in [0.15, 0.2) is 29.3 Å². The quantitative estimate of drug-likeness (QED) is 0.593. The minimum Gasteiger partial charge on any atom is -0.370 e. The molecule has 2 rings (SSSR count). The van der Waals surface area contributed by atoms with E-state index < -0.39 is 0 Å². The number of piperazine rings is 1. The second kappa shape index (κ2) is 9.64. The van der Waals surface area contributed by atoms with E-state index in [1.807, 2.05) is 0 Å². The Morgan fingerprint density at radius 2 is 1.67 bits per heavy atom. The van der Waals surface area contributed by atoms with Gasteiger partial charge in [-0.3, -0.25) is 4.90 Å². The van der Waals surface area contributed by atoms with Gasteiger partial charge in [-0.05, 0) is 31.0 Å². The van der Waals surface area contributed by atoms with Crippen molar-refractivity contribution in [2.45, 2.75) is 46.3 Å². The van der Waals surface area contributed by atoms with E-state index in [0.29, 0.717) is 18.5 Å². The lowest BCUT2D eigenvalue weighted by Gasteiger charge is -2.34. The van der Waals surface area contributed by atoms with E-state index in [0.717, 1.165) is 32.6 Å². The maximum Gasteiger partial charge on any atom is 0.189 e. The SMILES string of the molecule is CCC(C)NC(N)=NCc1ccc(CN2CCN(CC)CC2)cc1. The van der Waals surface area contributed by atoms with E-state index >= 15 is 0 Å². The number of hydrogen-bond acceptors (Lipinski definition) is 3. The fourth-order valence-electron chi connectivity index (χ4n) is 2.85. The molecule has 0 saturated carbocycles. The fourth-order valence-corrected chi connectivity index (χ4v) is 2.85. The number of nitrogens with zero attached hydrogens (tertiary/aromatic N) is 3. The van der Waals surface area contributed by atoms with Crippen LogP contribution in [-0.2, 0) is 13.1 Å². The monoisotopic (exact) mass is 331 g/mol. The van der Waals surface area contributed by atoms with Gasteiger partial charge in [0.1, 0.15) is 0 Å². The van der Waals surface area contributed by atoms with Crippen molar-refractivity contribution < 1.29 is 0 Å². The van der Waals surface area contributed by atoms with E-state index in [9.17, 15) is 0 Å². The molecule has 1 fully saturated rings. The molecule has 0 bridgehead atoms. The molecule has 0 amide bonds. The van der Waals surface area contributed by atoms with Crippen LogP contribution >= 0.6 is 0 Å². The highest BCUT2D eigenvalue weighted by atomic mass is 15.3. The van der Waals surface area contributed by atoms with Gasteiger partial charge in [-0.15, -0.1) is 0 Å². The third kappa shape index (κ3) is 6.13. The summed E-state index contributed by atoms with van der Waals surface area (Å²) in [6.07, 6.45) is 1.04. The summed E-state index contributed by atoms with van der Waals surface area (Å²) in [6.45, 7) is 14.0. The Morgan fingerprint density at radius 3 is 2.25 bits per heavy atom. The summed E-state index contributed by atoms with van der Waals surface area (Å²) in [5.41, 5.74) is 8.47. The van der Waals surface area contributed by atoms with Crippen molar-refractivity contribution in [3.8, 4) is 0 Å². The van der Waals surface area contributed by atoms with Gasteiger partial charge in [-0.2, -0.15) is 0 Å². The molecule has 0 aliphatic carbocycles. The van der Waals surface area contributed by atoms with Crippen molar-refractivity contribution in [3.05, 3.63) is 35.4 Å². The third-order valence-electron chi connectivity index (χ3n) is 4.78. The van der Waals surface area contributed by atoms with Crippen LogP contribution in [0.1, 0.15) is 38.3 Å². The van der Waals surface area contributed by atoms with Gasteiger partial charge in [0.25, 0.3) is 0 Å². The molecule has 1 unspecified atom stereocenters. The fraction of sp³-hybridized carbons (Fsp3) is 0.632. The molecule has 1 atom stereocenters. The largest absolute Gasteiger partial charge is 0.370 e. The predicted octanol–water partition coefficient (Wildman–Crippen LogP) is 2.03. The van der Waals surface area contributed by atoms with Gasteiger partial charge in [0.2, 0.25) is 0 Å². The van der Waals surface area contributed by atoms with Crippen molar-refractivity contribution >= 4 is 5.96 Å². The Bertz CT molecular complexity index is 503. The summed E-state index contributed by atoms with van der Waals surface area (Å²) in [5, 5.41) is 3.19. The van der Waals surface area contributed by atoms with Crippen molar-refractivity contribution in [1.29, 1.82) is 0 Å². The standard InChI is InChI=1S/C19H33N5/c1-4-16(3)22-19(20)21-14-17-6-8-18(9-7-17)15-24-12-10-23(5-2)11-13-24/h6-9,16H,4-5,10-15H2,1-3H3,(H3,20,21,22). The minimum atomic E-state index is 0.365. The summed E-state index contributed by atoms with van der Waals surface area (Å²) < 4.78 is 0. The summed E-state index contributed by atoms with van der Waals surface area (Å²) in [5.74, 6) is 0.530. The average Bonchev–Trinajstić information content (AvgIpc) is 2.61. The summed E-state index contributed by atoms with van der Waals surface area (Å²) in [4.78, 5) is 9.46. The number of hydrogen-bond donors (Lipinski definition) is 2. The Kier molecular flexibility index (Phi) is 7.53. The van der Waals surface area contributed by atoms with Gasteiger partial charge in [-0.25, -0.2) is 4.99 Å². The van der Waals surface area contributed by atoms with Gasteiger partial charge in [0.15, 0.2) is 5.96 Å². The van der Waals surface area contributed by atoms with Crippen LogP contribution in [0, 0.1) is 0 Å². The normalized spacial score (nSPS) is 18.5. The van der Waals surface area contributed by atoms with Gasteiger partial charge in [-0.1, -0.05) is 38.1 Å². The molecule has 0 radical (unpaired) electrons. The summed E-state index contributed by atoms with van der Waals surface area (Å²) in [7, 11) is 0. The molecule has 1 aliphatic rings. The predicted molar refractivity (Wildman–Crippen MR) is 102 cm³/mol. The minimum absolute atomic E-state index is 0.365. The van der Waals surface area contributed by atoms with E-state index in [1.165, 1.54) is 24.2 Å². The van der Waals surface area contributed by atoms with Crippen LogP contribution in [0.25, 0.3) is 0 Å². The third-order valence-corrected chi connectivity index (χ3v) is 4.78. The summed E-state index contributed by atoms with van der Waals surface area (Å²) in [6, 6.07) is 9.13. The molecule has 5 heteroatoms. The molecule has 134 valence electrons. The number of guanidine groups is 1. The lowest BCUT2D eigenvalue weighted by molar-refractivity contribution is 0.132. The Balaban J connectivity index is 1.79. The number of benzene rings is 1. The zero-order valence-corrected chi connectivity index (χ0v) is 15.5. The number of nitrogens with two attached hydrogens (primary N) is 1. The van der Waals surface area contributed by atoms with Gasteiger partial charge >= 0.3 is 0 Å². The van der Waals surface area contributed by atoms with Crippen molar-refractivity contribution in [1.82, 2.24) is 15.1 Å². The van der Waals surface area contributed by atoms with Crippen LogP contribution < -0.4 is 11.1 Å². The molecule has 1 saturated heterocycles. The smallest absolute Gasteiger partial charge is 0.189 e. The van der Waals surface area contributed by atoms with Crippen LogP contribution in [0.2, 0.25) is 0 Å². The molecule has 1 aromatic carbocycles. The molecule has 0 spiro atoms. The molecule has 3 N–H and O–H groups in total. The first kappa shape index (κ1) is 18.7. The van der Waals surface area contributed by atoms with E-state index in [2.05, 4.69) is 65.1 Å². The van der Waals surface area contributed by atoms with Crippen molar-refractivity contribution in [2.75, 3.05) is 32.7 Å². The second-order valence-corrected chi connectivity index (χ2v) is 6.68. The van der Waals surface area contributed by atoms with Gasteiger partial charge in [0.05, 0.1) is 6.54 Å². The first-order valence-electron chi connectivity index (χ1n) is 9.19. The maximum absolute atomic E-state index is 5.90. The highest BCUT2D eigenvalue weighted by Crippen LogP contribution is 2.10. The highest BCUT2D eigenvalue weighted by Gasteiger charge is 2.15. The topological polar surface area (TPSA) is 56.9 Å². The molecular formula is C19H33N5. The number of aliphatic imine (C=N–C) groups is 1. The summed E-state index contributed by atoms with van der Waals surface area (Å²) >= 11 is 0. The van der Waals surface area contributed by atoms with Crippen LogP contribution in [0.4, 0.5) is 0 Å². The number of nitrogens with one attached hydrogen (secondary N) is 1. The van der Waals surface area contributed by atoms with Crippen LogP contribution in [0.5, 0.6) is 0 Å². The van der Waals surface area contributed by atoms with Crippen molar-refractivity contribution in [3.63, 3.8) is 0 Å². The Hall–Kier alpha value is -1.59. The van der Waals surface area contributed by atoms with E-state index in [4.69, 9.17) is 5.73 Å². The highest BCUT2D eigenvalue weighted by molar-refractivity contribution is 5.78. The lowest BCUT2D eigenvalue weighted by Crippen LogP contribution is -2.45. The average molecular weight is 332 g/mol. The molecular weight excluding hydrogens is 298 g/mol. The first-order chi connectivity index (χ1) is 11.6. The molecule has 1 aromatic rings. The lowest BCUT2D eigenvalue weighted by atomic mass is 10.1. The van der Waals surface area contributed by atoms with Crippen molar-refractivity contribution in [2.24, 2.45) is 10.7 Å². The van der Waals surface area contributed by atoms with E-state index in [1.54, 1.807) is 0 Å². The molecule has 24 heavy (non-hydrogen) atoms. The maximum atomic E-state index is 5.90. The van der Waals surface area contributed by atoms with Crippen LogP contribution in [0.3, 0.4) is 0 Å². The molecule has 0 aromatic heterocycles. The number of rotatable bonds is 7. The number of likely N-dealkylation sites (N-methyl/N-ethyl adjacent to an activating group) is 1. The van der Waals surface area contributed by atoms with E-state index in [-0.39, 0.29) is 0 Å². The van der Waals surface area contributed by atoms with Gasteiger partial charge in [0, 0.05) is 38.8 Å². The Labute approximate surface area is 146 Å². The molecule has 1 heterocycles. The zero-order valence-electron chi connectivity index (χ0n) is 15.5. The zero-order chi connectivity index (χ0) is 17.4. The molecule has 1 aliphatic heterocycles.